The number of rotatable bonds is 7. The quantitative estimate of drug-likeness (QED) is 0.406. The summed E-state index contributed by atoms with van der Waals surface area (Å²) in [4.78, 5) is 41.6. The van der Waals surface area contributed by atoms with Gasteiger partial charge in [-0.15, -0.1) is 0 Å². The summed E-state index contributed by atoms with van der Waals surface area (Å²) in [5.74, 6) is 0.656. The van der Waals surface area contributed by atoms with Gasteiger partial charge >= 0.3 is 0 Å². The highest BCUT2D eigenvalue weighted by Gasteiger charge is 2.17. The zero-order valence-corrected chi connectivity index (χ0v) is 18.9. The molecule has 33 heavy (non-hydrogen) atoms. The number of carbonyl (C=O) groups excluding carboxylic acids is 2. The van der Waals surface area contributed by atoms with Crippen molar-refractivity contribution in [3.05, 3.63) is 75.7 Å². The first kappa shape index (κ1) is 22.4. The number of carbonyl (C=O) groups is 2. The Bertz CT molecular complexity index is 1260. The van der Waals surface area contributed by atoms with Crippen molar-refractivity contribution in [2.45, 2.75) is 18.6 Å². The number of nitrogens with one attached hydrogen (secondary N) is 2. The van der Waals surface area contributed by atoms with Crippen molar-refractivity contribution in [2.75, 3.05) is 17.9 Å². The molecule has 9 nitrogen and oxygen atoms in total. The molecule has 2 amide bonds. The molecule has 0 saturated heterocycles. The van der Waals surface area contributed by atoms with Crippen LogP contribution in [0.15, 0.2) is 58.6 Å². The molecule has 2 aromatic carbocycles. The van der Waals surface area contributed by atoms with Crippen molar-refractivity contribution < 1.29 is 19.1 Å². The first-order valence-corrected chi connectivity index (χ1v) is 11.1. The lowest BCUT2D eigenvalue weighted by molar-refractivity contribution is -0.118. The second-order valence-corrected chi connectivity index (χ2v) is 8.33. The molecule has 0 aliphatic carbocycles. The van der Waals surface area contributed by atoms with Gasteiger partial charge in [0.2, 0.25) is 12.7 Å². The first-order chi connectivity index (χ1) is 15.9. The lowest BCUT2D eigenvalue weighted by atomic mass is 10.2. The number of nitrogens with zero attached hydrogens (tertiary/aromatic N) is 2. The number of amides is 2. The molecular formula is C23H22N4O5S. The Morgan fingerprint density at radius 2 is 1.88 bits per heavy atom. The second kappa shape index (κ2) is 9.78. The highest BCUT2D eigenvalue weighted by molar-refractivity contribution is 7.99. The second-order valence-electron chi connectivity index (χ2n) is 7.39. The number of aromatic nitrogens is 2. The lowest BCUT2D eigenvalue weighted by Crippen LogP contribution is -2.30. The van der Waals surface area contributed by atoms with Crippen LogP contribution >= 0.6 is 11.8 Å². The van der Waals surface area contributed by atoms with E-state index in [1.807, 2.05) is 31.2 Å². The third kappa shape index (κ3) is 5.35. The molecule has 170 valence electrons. The van der Waals surface area contributed by atoms with E-state index in [2.05, 4.69) is 15.6 Å². The number of aryl methyl sites for hydroxylation is 1. The Hall–Kier alpha value is -3.79. The van der Waals surface area contributed by atoms with E-state index in [0.29, 0.717) is 28.9 Å². The summed E-state index contributed by atoms with van der Waals surface area (Å²) < 4.78 is 11.9. The molecule has 0 saturated carbocycles. The smallest absolute Gasteiger partial charge is 0.266 e. The molecule has 1 aliphatic heterocycles. The molecule has 2 heterocycles. The number of thioether (sulfide) groups is 1. The van der Waals surface area contributed by atoms with Crippen LogP contribution in [-0.2, 0) is 18.4 Å². The normalized spacial score (nSPS) is 11.8. The third-order valence-corrected chi connectivity index (χ3v) is 5.98. The molecule has 2 N–H and O–H groups in total. The number of fused-ring (bicyclic) bond motifs is 1. The molecule has 0 unspecified atom stereocenters. The van der Waals surface area contributed by atoms with Gasteiger partial charge in [-0.1, -0.05) is 35.5 Å². The molecule has 0 bridgehead atoms. The van der Waals surface area contributed by atoms with E-state index in [-0.39, 0.29) is 24.0 Å². The number of ether oxygens (including phenoxy) is 2. The van der Waals surface area contributed by atoms with E-state index in [1.54, 1.807) is 18.2 Å². The maximum atomic E-state index is 12.6. The van der Waals surface area contributed by atoms with Crippen LogP contribution in [0.4, 0.5) is 5.69 Å². The highest BCUT2D eigenvalue weighted by Crippen LogP contribution is 2.32. The number of benzene rings is 2. The van der Waals surface area contributed by atoms with E-state index in [0.717, 1.165) is 22.9 Å². The van der Waals surface area contributed by atoms with Crippen LogP contribution in [0.25, 0.3) is 0 Å². The van der Waals surface area contributed by atoms with Crippen molar-refractivity contribution in [2.24, 2.45) is 7.05 Å². The SMILES string of the molecule is Cc1ccc(NC(=O)c2cnc(SCC(=O)NCc3ccc4c(c3)OCO4)n(C)c2=O)cc1. The lowest BCUT2D eigenvalue weighted by Gasteiger charge is -2.10. The van der Waals surface area contributed by atoms with Crippen molar-refractivity contribution in [1.29, 1.82) is 0 Å². The topological polar surface area (TPSA) is 112 Å². The molecule has 0 spiro atoms. The van der Waals surface area contributed by atoms with Gasteiger partial charge in [0.1, 0.15) is 5.56 Å². The van der Waals surface area contributed by atoms with E-state index in [1.165, 1.54) is 17.8 Å². The molecule has 1 aromatic heterocycles. The summed E-state index contributed by atoms with van der Waals surface area (Å²) in [5, 5.41) is 5.85. The van der Waals surface area contributed by atoms with Gasteiger partial charge in [-0.2, -0.15) is 0 Å². The minimum Gasteiger partial charge on any atom is -0.454 e. The molecule has 3 aromatic rings. The monoisotopic (exact) mass is 466 g/mol. The minimum atomic E-state index is -0.537. The van der Waals surface area contributed by atoms with Crippen LogP contribution < -0.4 is 25.7 Å². The minimum absolute atomic E-state index is 0.0692. The average Bonchev–Trinajstić information content (AvgIpc) is 3.28. The standard InChI is InChI=1S/C23H22N4O5S/c1-14-3-6-16(7-4-14)26-21(29)17-11-25-23(27(2)22(17)30)33-12-20(28)24-10-15-5-8-18-19(9-15)32-13-31-18/h3-9,11H,10,12-13H2,1-2H3,(H,24,28)(H,26,29). The Balaban J connectivity index is 1.33. The van der Waals surface area contributed by atoms with Crippen LogP contribution in [0.5, 0.6) is 11.5 Å². The predicted octanol–water partition coefficient (Wildman–Crippen LogP) is 2.48. The van der Waals surface area contributed by atoms with Crippen molar-refractivity contribution in [3.63, 3.8) is 0 Å². The van der Waals surface area contributed by atoms with E-state index < -0.39 is 11.5 Å². The van der Waals surface area contributed by atoms with Crippen molar-refractivity contribution >= 4 is 29.3 Å². The van der Waals surface area contributed by atoms with Gasteiger partial charge < -0.3 is 20.1 Å². The van der Waals surface area contributed by atoms with Gasteiger partial charge in [0.15, 0.2) is 16.7 Å². The number of hydrogen-bond acceptors (Lipinski definition) is 7. The molecule has 0 fully saturated rings. The van der Waals surface area contributed by atoms with Crippen LogP contribution in [0.3, 0.4) is 0 Å². The van der Waals surface area contributed by atoms with Crippen LogP contribution in [-0.4, -0.2) is 33.9 Å². The third-order valence-electron chi connectivity index (χ3n) is 4.94. The van der Waals surface area contributed by atoms with Crippen molar-refractivity contribution in [1.82, 2.24) is 14.9 Å². The van der Waals surface area contributed by atoms with E-state index >= 15 is 0 Å². The summed E-state index contributed by atoms with van der Waals surface area (Å²) in [6.45, 7) is 2.47. The molecule has 1 aliphatic rings. The summed E-state index contributed by atoms with van der Waals surface area (Å²) in [6, 6.07) is 12.7. The zero-order valence-electron chi connectivity index (χ0n) is 18.1. The van der Waals surface area contributed by atoms with Crippen LogP contribution in [0, 0.1) is 6.92 Å². The Labute approximate surface area is 194 Å². The van der Waals surface area contributed by atoms with Gasteiger partial charge in [-0.05, 0) is 36.8 Å². The van der Waals surface area contributed by atoms with E-state index in [4.69, 9.17) is 9.47 Å². The average molecular weight is 467 g/mol. The molecular weight excluding hydrogens is 444 g/mol. The maximum absolute atomic E-state index is 12.6. The van der Waals surface area contributed by atoms with Crippen LogP contribution in [0.2, 0.25) is 0 Å². The molecule has 0 radical (unpaired) electrons. The Morgan fingerprint density at radius 1 is 1.12 bits per heavy atom. The fourth-order valence-corrected chi connectivity index (χ4v) is 3.85. The molecule has 4 rings (SSSR count). The largest absolute Gasteiger partial charge is 0.454 e. The van der Waals surface area contributed by atoms with E-state index in [9.17, 15) is 14.4 Å². The van der Waals surface area contributed by atoms with Gasteiger partial charge in [-0.3, -0.25) is 19.0 Å². The zero-order chi connectivity index (χ0) is 23.4. The maximum Gasteiger partial charge on any atom is 0.266 e. The first-order valence-electron chi connectivity index (χ1n) is 10.1. The van der Waals surface area contributed by atoms with Gasteiger partial charge in [0.25, 0.3) is 11.5 Å². The van der Waals surface area contributed by atoms with Gasteiger partial charge in [0.05, 0.1) is 5.75 Å². The summed E-state index contributed by atoms with van der Waals surface area (Å²) >= 11 is 1.11. The number of anilines is 1. The number of hydrogen-bond donors (Lipinski definition) is 2. The summed E-state index contributed by atoms with van der Waals surface area (Å²) in [6.07, 6.45) is 1.23. The highest BCUT2D eigenvalue weighted by atomic mass is 32.2. The van der Waals surface area contributed by atoms with Gasteiger partial charge in [-0.25, -0.2) is 4.98 Å². The van der Waals surface area contributed by atoms with Crippen LogP contribution in [0.1, 0.15) is 21.5 Å². The molecule has 10 heteroatoms. The summed E-state index contributed by atoms with van der Waals surface area (Å²) in [5.41, 5.74) is 1.97. The van der Waals surface area contributed by atoms with Crippen molar-refractivity contribution in [3.8, 4) is 11.5 Å². The Morgan fingerprint density at radius 3 is 2.67 bits per heavy atom. The fourth-order valence-electron chi connectivity index (χ4n) is 3.09. The fraction of sp³-hybridized carbons (Fsp3) is 0.217. The summed E-state index contributed by atoms with van der Waals surface area (Å²) in [7, 11) is 1.52. The van der Waals surface area contributed by atoms with Gasteiger partial charge in [0, 0.05) is 25.5 Å². The molecule has 0 atom stereocenters. The Kier molecular flexibility index (Phi) is 6.64. The predicted molar refractivity (Wildman–Crippen MR) is 124 cm³/mol.